The molecule has 1 saturated heterocycles. The molecule has 2 atom stereocenters. The number of fused-ring (bicyclic) bond motifs is 2. The summed E-state index contributed by atoms with van der Waals surface area (Å²) in [5.41, 5.74) is 2.99. The molecule has 3 rings (SSSR count). The van der Waals surface area contributed by atoms with Crippen molar-refractivity contribution in [1.29, 1.82) is 0 Å². The van der Waals surface area contributed by atoms with Gasteiger partial charge in [0.1, 0.15) is 11.4 Å². The first-order valence-electron chi connectivity index (χ1n) is 8.73. The molecule has 25 heavy (non-hydrogen) atoms. The molecule has 0 radical (unpaired) electrons. The third-order valence-corrected chi connectivity index (χ3v) is 4.50. The fourth-order valence-electron chi connectivity index (χ4n) is 3.47. The third-order valence-electron chi connectivity index (χ3n) is 4.50. The molecule has 136 valence electrons. The Morgan fingerprint density at radius 1 is 1.28 bits per heavy atom. The molecule has 2 unspecified atom stereocenters. The highest BCUT2D eigenvalue weighted by molar-refractivity contribution is 5.77. The van der Waals surface area contributed by atoms with Crippen LogP contribution >= 0.6 is 0 Å². The van der Waals surface area contributed by atoms with Crippen molar-refractivity contribution >= 4 is 11.7 Å². The lowest BCUT2D eigenvalue weighted by Gasteiger charge is -2.44. The number of carbonyl (C=O) groups is 1. The van der Waals surface area contributed by atoms with Crippen LogP contribution in [0.5, 0.6) is 5.75 Å². The van der Waals surface area contributed by atoms with Crippen LogP contribution in [0.15, 0.2) is 24.3 Å². The minimum Gasteiger partial charge on any atom is -0.496 e. The second-order valence-electron chi connectivity index (χ2n) is 7.75. The fraction of sp³-hybridized carbons (Fsp3) is 0.550. The Hall–Kier alpha value is -2.01. The van der Waals surface area contributed by atoms with E-state index in [1.165, 1.54) is 11.1 Å². The van der Waals surface area contributed by atoms with Crippen molar-refractivity contribution in [2.24, 2.45) is 0 Å². The normalized spacial score (nSPS) is 23.1. The van der Waals surface area contributed by atoms with Crippen molar-refractivity contribution in [2.75, 3.05) is 20.3 Å². The first-order valence-corrected chi connectivity index (χ1v) is 8.73. The predicted molar refractivity (Wildman–Crippen MR) is 96.8 cm³/mol. The summed E-state index contributed by atoms with van der Waals surface area (Å²) in [6, 6.07) is 6.06. The Morgan fingerprint density at radius 3 is 2.68 bits per heavy atom. The summed E-state index contributed by atoms with van der Waals surface area (Å²) in [5.74, 6) is 0.863. The van der Waals surface area contributed by atoms with Crippen molar-refractivity contribution in [3.8, 4) is 5.75 Å². The van der Waals surface area contributed by atoms with E-state index in [-0.39, 0.29) is 18.2 Å². The van der Waals surface area contributed by atoms with E-state index in [0.29, 0.717) is 13.2 Å². The largest absolute Gasteiger partial charge is 0.496 e. The highest BCUT2D eigenvalue weighted by Gasteiger charge is 2.40. The van der Waals surface area contributed by atoms with E-state index < -0.39 is 5.60 Å². The van der Waals surface area contributed by atoms with Crippen LogP contribution in [0.3, 0.4) is 0 Å². The van der Waals surface area contributed by atoms with E-state index in [4.69, 9.17) is 14.2 Å². The SMILES string of the molecule is COc1ccc(C)cc1C1=CC2COCC(C1)N2C(=O)OC(C)(C)C. The summed E-state index contributed by atoms with van der Waals surface area (Å²) in [7, 11) is 1.69. The van der Waals surface area contributed by atoms with Gasteiger partial charge in [-0.05, 0) is 51.8 Å². The molecule has 1 fully saturated rings. The number of ether oxygens (including phenoxy) is 3. The Labute approximate surface area is 149 Å². The zero-order valence-electron chi connectivity index (χ0n) is 15.7. The quantitative estimate of drug-likeness (QED) is 0.818. The molecule has 1 amide bonds. The summed E-state index contributed by atoms with van der Waals surface area (Å²) in [6.45, 7) is 8.76. The summed E-state index contributed by atoms with van der Waals surface area (Å²) in [6.07, 6.45) is 2.59. The van der Waals surface area contributed by atoms with Crippen LogP contribution in [0.1, 0.15) is 38.3 Å². The number of benzene rings is 1. The van der Waals surface area contributed by atoms with Crippen molar-refractivity contribution in [3.05, 3.63) is 35.4 Å². The van der Waals surface area contributed by atoms with E-state index in [1.54, 1.807) is 7.11 Å². The van der Waals surface area contributed by atoms with Crippen LogP contribution in [0.4, 0.5) is 4.79 Å². The molecule has 2 aliphatic heterocycles. The first-order chi connectivity index (χ1) is 11.8. The smallest absolute Gasteiger partial charge is 0.411 e. The van der Waals surface area contributed by atoms with Crippen LogP contribution in [-0.2, 0) is 9.47 Å². The van der Waals surface area contributed by atoms with Crippen LogP contribution in [0.25, 0.3) is 5.57 Å². The topological polar surface area (TPSA) is 48.0 Å². The van der Waals surface area contributed by atoms with Gasteiger partial charge in [-0.2, -0.15) is 0 Å². The fourth-order valence-corrected chi connectivity index (χ4v) is 3.47. The number of morpholine rings is 1. The van der Waals surface area contributed by atoms with Gasteiger partial charge in [0, 0.05) is 5.56 Å². The van der Waals surface area contributed by atoms with Gasteiger partial charge in [-0.25, -0.2) is 4.79 Å². The number of hydrogen-bond acceptors (Lipinski definition) is 4. The number of carbonyl (C=O) groups excluding carboxylic acids is 1. The summed E-state index contributed by atoms with van der Waals surface area (Å²) < 4.78 is 16.8. The van der Waals surface area contributed by atoms with Crippen LogP contribution in [0, 0.1) is 6.92 Å². The summed E-state index contributed by atoms with van der Waals surface area (Å²) >= 11 is 0. The highest BCUT2D eigenvalue weighted by Crippen LogP contribution is 2.37. The van der Waals surface area contributed by atoms with Gasteiger partial charge < -0.3 is 14.2 Å². The number of aryl methyl sites for hydroxylation is 1. The molecule has 2 bridgehead atoms. The van der Waals surface area contributed by atoms with Gasteiger partial charge >= 0.3 is 6.09 Å². The molecule has 5 nitrogen and oxygen atoms in total. The van der Waals surface area contributed by atoms with E-state index in [0.717, 1.165) is 17.7 Å². The Kier molecular flexibility index (Phi) is 4.78. The van der Waals surface area contributed by atoms with E-state index in [1.807, 2.05) is 37.8 Å². The molecule has 5 heteroatoms. The van der Waals surface area contributed by atoms with Gasteiger partial charge in [0.2, 0.25) is 0 Å². The van der Waals surface area contributed by atoms with Gasteiger partial charge in [0.05, 0.1) is 32.4 Å². The number of nitrogens with zero attached hydrogens (tertiary/aromatic N) is 1. The van der Waals surface area contributed by atoms with Gasteiger partial charge in [0.15, 0.2) is 0 Å². The van der Waals surface area contributed by atoms with E-state index >= 15 is 0 Å². The molecule has 2 heterocycles. The van der Waals surface area contributed by atoms with Crippen LogP contribution in [-0.4, -0.2) is 49.0 Å². The van der Waals surface area contributed by atoms with Crippen LogP contribution in [0.2, 0.25) is 0 Å². The average molecular weight is 345 g/mol. The maximum absolute atomic E-state index is 12.6. The molecule has 0 N–H and O–H groups in total. The molecule has 0 saturated carbocycles. The lowest BCUT2D eigenvalue weighted by atomic mass is 9.89. The van der Waals surface area contributed by atoms with Gasteiger partial charge in [-0.3, -0.25) is 4.90 Å². The van der Waals surface area contributed by atoms with Crippen molar-refractivity contribution in [2.45, 2.75) is 51.8 Å². The lowest BCUT2D eigenvalue weighted by Crippen LogP contribution is -2.57. The number of rotatable bonds is 2. The van der Waals surface area contributed by atoms with E-state index in [2.05, 4.69) is 19.1 Å². The standard InChI is InChI=1S/C20H27NO4/c1-13-6-7-18(23-5)17(8-13)14-9-15-11-24-12-16(10-14)21(15)19(22)25-20(2,3)4/h6-9,15-16H,10-12H2,1-5H3. The van der Waals surface area contributed by atoms with E-state index in [9.17, 15) is 4.79 Å². The molecule has 0 aliphatic carbocycles. The Bertz CT molecular complexity index is 689. The number of amides is 1. The Morgan fingerprint density at radius 2 is 2.04 bits per heavy atom. The molecule has 1 aromatic rings. The minimum absolute atomic E-state index is 0.0150. The maximum atomic E-state index is 12.6. The highest BCUT2D eigenvalue weighted by atomic mass is 16.6. The zero-order valence-corrected chi connectivity index (χ0v) is 15.7. The van der Waals surface area contributed by atoms with Gasteiger partial charge in [0.25, 0.3) is 0 Å². The second-order valence-corrected chi connectivity index (χ2v) is 7.75. The Balaban J connectivity index is 1.92. The average Bonchev–Trinajstić information content (AvgIpc) is 2.51. The molecule has 0 spiro atoms. The molecular formula is C20H27NO4. The van der Waals surface area contributed by atoms with Gasteiger partial charge in [-0.1, -0.05) is 17.7 Å². The van der Waals surface area contributed by atoms with Crippen LogP contribution < -0.4 is 4.74 Å². The van der Waals surface area contributed by atoms with Crippen molar-refractivity contribution < 1.29 is 19.0 Å². The van der Waals surface area contributed by atoms with Crippen molar-refractivity contribution in [1.82, 2.24) is 4.90 Å². The monoisotopic (exact) mass is 345 g/mol. The predicted octanol–water partition coefficient (Wildman–Crippen LogP) is 3.80. The number of methoxy groups -OCH3 is 1. The summed E-state index contributed by atoms with van der Waals surface area (Å²) in [4.78, 5) is 14.5. The second kappa shape index (κ2) is 6.71. The minimum atomic E-state index is -0.504. The molecular weight excluding hydrogens is 318 g/mol. The van der Waals surface area contributed by atoms with Gasteiger partial charge in [-0.15, -0.1) is 0 Å². The summed E-state index contributed by atoms with van der Waals surface area (Å²) in [5, 5.41) is 0. The lowest BCUT2D eigenvalue weighted by molar-refractivity contribution is -0.0510. The first kappa shape index (κ1) is 17.8. The third kappa shape index (κ3) is 3.82. The van der Waals surface area contributed by atoms with Crippen molar-refractivity contribution in [3.63, 3.8) is 0 Å². The molecule has 2 aliphatic rings. The zero-order chi connectivity index (χ0) is 18.2. The molecule has 1 aromatic carbocycles. The molecule has 0 aromatic heterocycles. The maximum Gasteiger partial charge on any atom is 0.411 e. The number of hydrogen-bond donors (Lipinski definition) is 0.